The van der Waals surface area contributed by atoms with Crippen molar-refractivity contribution in [3.8, 4) is 0 Å². The van der Waals surface area contributed by atoms with Gasteiger partial charge in [-0.1, -0.05) is 38.7 Å². The highest BCUT2D eigenvalue weighted by Crippen LogP contribution is 2.44. The van der Waals surface area contributed by atoms with Crippen molar-refractivity contribution < 1.29 is 4.39 Å². The predicted molar refractivity (Wildman–Crippen MR) is 104 cm³/mol. The van der Waals surface area contributed by atoms with E-state index in [2.05, 4.69) is 35.6 Å². The van der Waals surface area contributed by atoms with Gasteiger partial charge in [-0.25, -0.2) is 4.39 Å². The lowest BCUT2D eigenvalue weighted by molar-refractivity contribution is 0.156. The van der Waals surface area contributed by atoms with Gasteiger partial charge >= 0.3 is 0 Å². The zero-order valence-corrected chi connectivity index (χ0v) is 16.5. The highest BCUT2D eigenvalue weighted by atomic mass is 127. The zero-order valence-electron chi connectivity index (χ0n) is 14.4. The summed E-state index contributed by atoms with van der Waals surface area (Å²) in [4.78, 5) is 0. The van der Waals surface area contributed by atoms with Crippen LogP contribution in [0.5, 0.6) is 0 Å². The maximum Gasteiger partial charge on any atom is 0.136 e. The van der Waals surface area contributed by atoms with Crippen LogP contribution in [-0.4, -0.2) is 0 Å². The molecule has 0 bridgehead atoms. The Morgan fingerprint density at radius 1 is 0.957 bits per heavy atom. The summed E-state index contributed by atoms with van der Waals surface area (Å²) >= 11 is 2.12. The van der Waals surface area contributed by atoms with E-state index < -0.39 is 0 Å². The summed E-state index contributed by atoms with van der Waals surface area (Å²) in [5.41, 5.74) is 1.36. The smallest absolute Gasteiger partial charge is 0.136 e. The van der Waals surface area contributed by atoms with Crippen molar-refractivity contribution in [2.24, 2.45) is 17.8 Å². The molecule has 23 heavy (non-hydrogen) atoms. The average Bonchev–Trinajstić information content (AvgIpc) is 2.59. The predicted octanol–water partition coefficient (Wildman–Crippen LogP) is 7.31. The Morgan fingerprint density at radius 3 is 2.13 bits per heavy atom. The lowest BCUT2D eigenvalue weighted by Gasteiger charge is -2.38. The highest BCUT2D eigenvalue weighted by Gasteiger charge is 2.31. The first-order chi connectivity index (χ1) is 11.2. The second-order valence-electron chi connectivity index (χ2n) is 7.85. The Bertz CT molecular complexity index is 497. The molecule has 2 heteroatoms. The lowest BCUT2D eigenvalue weighted by Crippen LogP contribution is -2.25. The molecular formula is C21H30FI. The number of halogens is 2. The molecule has 128 valence electrons. The Labute approximate surface area is 154 Å². The van der Waals surface area contributed by atoms with Crippen molar-refractivity contribution in [2.45, 2.75) is 77.0 Å². The van der Waals surface area contributed by atoms with Gasteiger partial charge in [0.25, 0.3) is 0 Å². The Kier molecular flexibility index (Phi) is 6.39. The third-order valence-electron chi connectivity index (χ3n) is 6.44. The summed E-state index contributed by atoms with van der Waals surface area (Å²) < 4.78 is 14.2. The van der Waals surface area contributed by atoms with Gasteiger partial charge in [0.15, 0.2) is 0 Å². The first-order valence-electron chi connectivity index (χ1n) is 9.62. The lowest BCUT2D eigenvalue weighted by atomic mass is 9.68. The SMILES string of the molecule is CCCC1CCC(C2CCC(c3ccc(F)c(I)c3)CC2)CC1. The van der Waals surface area contributed by atoms with Gasteiger partial charge in [0, 0.05) is 3.57 Å². The van der Waals surface area contributed by atoms with E-state index in [0.29, 0.717) is 5.92 Å². The molecule has 0 atom stereocenters. The van der Waals surface area contributed by atoms with Crippen molar-refractivity contribution >= 4 is 22.6 Å². The second kappa shape index (κ2) is 8.31. The van der Waals surface area contributed by atoms with Gasteiger partial charge in [0.05, 0.1) is 0 Å². The topological polar surface area (TPSA) is 0 Å². The highest BCUT2D eigenvalue weighted by molar-refractivity contribution is 14.1. The summed E-state index contributed by atoms with van der Waals surface area (Å²) in [6, 6.07) is 5.73. The summed E-state index contributed by atoms with van der Waals surface area (Å²) in [5.74, 6) is 3.57. The van der Waals surface area contributed by atoms with Crippen molar-refractivity contribution in [1.82, 2.24) is 0 Å². The normalized spacial score (nSPS) is 32.0. The van der Waals surface area contributed by atoms with Gasteiger partial charge in [-0.2, -0.15) is 0 Å². The molecule has 2 fully saturated rings. The quantitative estimate of drug-likeness (QED) is 0.441. The molecule has 2 saturated carbocycles. The number of rotatable bonds is 4. The summed E-state index contributed by atoms with van der Waals surface area (Å²) in [6.07, 6.45) is 14.1. The molecule has 0 spiro atoms. The molecule has 0 aliphatic heterocycles. The standard InChI is InChI=1S/C21H30FI/c1-2-3-15-4-6-16(7-5-15)17-8-10-18(11-9-17)19-12-13-20(22)21(23)14-19/h12-18H,2-11H2,1H3. The Morgan fingerprint density at radius 2 is 1.57 bits per heavy atom. The molecule has 2 aliphatic carbocycles. The van der Waals surface area contributed by atoms with E-state index in [1.54, 1.807) is 6.07 Å². The molecule has 0 saturated heterocycles. The third-order valence-corrected chi connectivity index (χ3v) is 7.27. The van der Waals surface area contributed by atoms with Crippen LogP contribution < -0.4 is 0 Å². The fraction of sp³-hybridized carbons (Fsp3) is 0.714. The van der Waals surface area contributed by atoms with Gasteiger partial charge in [-0.15, -0.1) is 0 Å². The van der Waals surface area contributed by atoms with E-state index in [1.807, 2.05) is 6.07 Å². The molecule has 0 N–H and O–H groups in total. The van der Waals surface area contributed by atoms with Crippen LogP contribution in [0.2, 0.25) is 0 Å². The van der Waals surface area contributed by atoms with Crippen LogP contribution in [-0.2, 0) is 0 Å². The third kappa shape index (κ3) is 4.49. The molecule has 3 rings (SSSR count). The fourth-order valence-electron chi connectivity index (χ4n) is 5.05. The maximum atomic E-state index is 13.4. The van der Waals surface area contributed by atoms with Gasteiger partial charge < -0.3 is 0 Å². The molecule has 1 aromatic carbocycles. The van der Waals surface area contributed by atoms with Gasteiger partial charge in [-0.3, -0.25) is 0 Å². The second-order valence-corrected chi connectivity index (χ2v) is 9.02. The first kappa shape index (κ1) is 17.7. The summed E-state index contributed by atoms with van der Waals surface area (Å²) in [5, 5.41) is 0. The molecule has 0 unspecified atom stereocenters. The van der Waals surface area contributed by atoms with Crippen molar-refractivity contribution in [2.75, 3.05) is 0 Å². The van der Waals surface area contributed by atoms with E-state index >= 15 is 0 Å². The minimum atomic E-state index is -0.0770. The van der Waals surface area contributed by atoms with Crippen molar-refractivity contribution in [1.29, 1.82) is 0 Å². The van der Waals surface area contributed by atoms with Crippen LogP contribution >= 0.6 is 22.6 Å². The molecule has 0 aromatic heterocycles. The Balaban J connectivity index is 1.50. The van der Waals surface area contributed by atoms with E-state index in [9.17, 15) is 4.39 Å². The van der Waals surface area contributed by atoms with Crippen LogP contribution in [0.15, 0.2) is 18.2 Å². The van der Waals surface area contributed by atoms with E-state index in [4.69, 9.17) is 0 Å². The minimum absolute atomic E-state index is 0.0770. The number of hydrogen-bond donors (Lipinski definition) is 0. The van der Waals surface area contributed by atoms with Crippen LogP contribution in [0.1, 0.15) is 82.6 Å². The van der Waals surface area contributed by atoms with Gasteiger partial charge in [-0.05, 0) is 102 Å². The van der Waals surface area contributed by atoms with Crippen LogP contribution in [0.25, 0.3) is 0 Å². The van der Waals surface area contributed by atoms with Gasteiger partial charge in [0.2, 0.25) is 0 Å². The molecule has 0 amide bonds. The molecule has 0 heterocycles. The van der Waals surface area contributed by atoms with Gasteiger partial charge in [0.1, 0.15) is 5.82 Å². The zero-order chi connectivity index (χ0) is 16.2. The van der Waals surface area contributed by atoms with E-state index in [-0.39, 0.29) is 5.82 Å². The monoisotopic (exact) mass is 428 g/mol. The maximum absolute atomic E-state index is 13.4. The van der Waals surface area contributed by atoms with Crippen molar-refractivity contribution in [3.05, 3.63) is 33.1 Å². The number of benzene rings is 1. The first-order valence-corrected chi connectivity index (χ1v) is 10.7. The minimum Gasteiger partial charge on any atom is -0.206 e. The van der Waals surface area contributed by atoms with Crippen LogP contribution in [0.3, 0.4) is 0 Å². The molecule has 0 radical (unpaired) electrons. The van der Waals surface area contributed by atoms with Crippen LogP contribution in [0, 0.1) is 27.1 Å². The molecule has 2 aliphatic rings. The van der Waals surface area contributed by atoms with Crippen LogP contribution in [0.4, 0.5) is 4.39 Å². The molecule has 0 nitrogen and oxygen atoms in total. The summed E-state index contributed by atoms with van der Waals surface area (Å²) in [7, 11) is 0. The Hall–Kier alpha value is -0.120. The average molecular weight is 428 g/mol. The van der Waals surface area contributed by atoms with E-state index in [0.717, 1.165) is 21.3 Å². The van der Waals surface area contributed by atoms with Crippen molar-refractivity contribution in [3.63, 3.8) is 0 Å². The summed E-state index contributed by atoms with van der Waals surface area (Å²) in [6.45, 7) is 2.32. The molecular weight excluding hydrogens is 398 g/mol. The number of hydrogen-bond acceptors (Lipinski definition) is 0. The van der Waals surface area contributed by atoms with E-state index in [1.165, 1.54) is 69.8 Å². The largest absolute Gasteiger partial charge is 0.206 e. The fourth-order valence-corrected chi connectivity index (χ4v) is 5.59. The molecule has 1 aromatic rings.